The van der Waals surface area contributed by atoms with Crippen LogP contribution in [0.2, 0.25) is 0 Å². The molecule has 206 valence electrons. The number of β-amino-alcohol motifs (C(OH)–C–C–N with tert-alkyl or cyclic N) is 1. The SMILES string of the molecule is CCn1cc(NC(=O)OCc2ccc(F)c(F)c2)c2cc(-c3nc(CN4CCN(CCO)CC4)cs3)ccc21. The Balaban J connectivity index is 1.27. The van der Waals surface area contributed by atoms with Gasteiger partial charge in [0.2, 0.25) is 0 Å². The van der Waals surface area contributed by atoms with Gasteiger partial charge in [-0.3, -0.25) is 15.1 Å². The van der Waals surface area contributed by atoms with Crippen LogP contribution in [0.1, 0.15) is 18.2 Å². The van der Waals surface area contributed by atoms with Crippen molar-refractivity contribution in [1.29, 1.82) is 0 Å². The second kappa shape index (κ2) is 12.2. The number of hydrogen-bond acceptors (Lipinski definition) is 7. The van der Waals surface area contributed by atoms with E-state index in [4.69, 9.17) is 14.8 Å². The topological polar surface area (TPSA) is 82.9 Å². The van der Waals surface area contributed by atoms with Crippen LogP contribution in [0.4, 0.5) is 19.3 Å². The van der Waals surface area contributed by atoms with Gasteiger partial charge >= 0.3 is 6.09 Å². The molecule has 0 aliphatic carbocycles. The number of aromatic nitrogens is 2. The van der Waals surface area contributed by atoms with Gasteiger partial charge in [0.25, 0.3) is 0 Å². The van der Waals surface area contributed by atoms with Crippen molar-refractivity contribution < 1.29 is 23.4 Å². The number of aliphatic hydroxyl groups is 1. The van der Waals surface area contributed by atoms with Crippen LogP contribution in [-0.4, -0.2) is 69.9 Å². The molecule has 8 nitrogen and oxygen atoms in total. The third kappa shape index (κ3) is 6.44. The zero-order valence-electron chi connectivity index (χ0n) is 21.7. The van der Waals surface area contributed by atoms with Gasteiger partial charge in [0.05, 0.1) is 23.5 Å². The molecule has 11 heteroatoms. The Labute approximate surface area is 229 Å². The molecule has 0 saturated carbocycles. The fourth-order valence-electron chi connectivity index (χ4n) is 4.77. The molecular weight excluding hydrogens is 524 g/mol. The Hall–Kier alpha value is -3.38. The summed E-state index contributed by atoms with van der Waals surface area (Å²) in [5.74, 6) is -1.93. The summed E-state index contributed by atoms with van der Waals surface area (Å²) < 4.78 is 33.9. The first kappa shape index (κ1) is 27.2. The van der Waals surface area contributed by atoms with Gasteiger partial charge in [-0.1, -0.05) is 6.07 Å². The number of aliphatic hydroxyl groups excluding tert-OH is 1. The van der Waals surface area contributed by atoms with Crippen molar-refractivity contribution in [1.82, 2.24) is 19.4 Å². The van der Waals surface area contributed by atoms with E-state index in [9.17, 15) is 13.6 Å². The number of benzene rings is 2. The van der Waals surface area contributed by atoms with Crippen molar-refractivity contribution in [2.75, 3.05) is 44.6 Å². The molecule has 0 atom stereocenters. The van der Waals surface area contributed by atoms with E-state index in [1.807, 2.05) is 35.9 Å². The van der Waals surface area contributed by atoms with E-state index < -0.39 is 17.7 Å². The van der Waals surface area contributed by atoms with Crippen molar-refractivity contribution in [2.24, 2.45) is 0 Å². The molecule has 2 aromatic carbocycles. The second-order valence-corrected chi connectivity index (χ2v) is 10.4. The average Bonchev–Trinajstić information content (AvgIpc) is 3.55. The highest BCUT2D eigenvalue weighted by molar-refractivity contribution is 7.13. The molecule has 0 unspecified atom stereocenters. The number of carbonyl (C=O) groups is 1. The molecule has 4 aromatic rings. The van der Waals surface area contributed by atoms with E-state index in [0.29, 0.717) is 17.8 Å². The van der Waals surface area contributed by atoms with Crippen molar-refractivity contribution >= 4 is 34.0 Å². The van der Waals surface area contributed by atoms with Crippen molar-refractivity contribution in [2.45, 2.75) is 26.6 Å². The molecule has 2 aromatic heterocycles. The van der Waals surface area contributed by atoms with E-state index in [-0.39, 0.29) is 13.2 Å². The van der Waals surface area contributed by atoms with E-state index in [0.717, 1.165) is 78.6 Å². The molecule has 1 aliphatic heterocycles. The number of piperazine rings is 1. The smallest absolute Gasteiger partial charge is 0.412 e. The number of fused-ring (bicyclic) bond motifs is 1. The lowest BCUT2D eigenvalue weighted by Crippen LogP contribution is -2.46. The molecule has 5 rings (SSSR count). The van der Waals surface area contributed by atoms with Crippen LogP contribution in [0.25, 0.3) is 21.5 Å². The van der Waals surface area contributed by atoms with E-state index in [2.05, 4.69) is 20.5 Å². The Morgan fingerprint density at radius 2 is 1.90 bits per heavy atom. The molecule has 1 saturated heterocycles. The van der Waals surface area contributed by atoms with Gasteiger partial charge in [-0.2, -0.15) is 0 Å². The van der Waals surface area contributed by atoms with E-state index in [1.165, 1.54) is 6.07 Å². The molecular formula is C28H31F2N5O3S. The van der Waals surface area contributed by atoms with Crippen LogP contribution in [0, 0.1) is 11.6 Å². The Morgan fingerprint density at radius 1 is 1.10 bits per heavy atom. The lowest BCUT2D eigenvalue weighted by atomic mass is 10.1. The Kier molecular flexibility index (Phi) is 8.51. The fraction of sp³-hybridized carbons (Fsp3) is 0.357. The lowest BCUT2D eigenvalue weighted by Gasteiger charge is -2.33. The number of nitrogens with zero attached hydrogens (tertiary/aromatic N) is 4. The standard InChI is InChI=1S/C28H31F2N5O3S/c1-2-35-16-25(32-28(37)38-17-19-3-5-23(29)24(30)13-19)22-14-20(4-6-26(22)35)27-31-21(18-39-27)15-34-9-7-33(8-10-34)11-12-36/h3-6,13-14,16,18,36H,2,7-12,15,17H2,1H3,(H,32,37). The highest BCUT2D eigenvalue weighted by atomic mass is 32.1. The zero-order valence-corrected chi connectivity index (χ0v) is 22.5. The van der Waals surface area contributed by atoms with Crippen molar-refractivity contribution in [3.63, 3.8) is 0 Å². The number of carbonyl (C=O) groups excluding carboxylic acids is 1. The van der Waals surface area contributed by atoms with Crippen molar-refractivity contribution in [3.05, 3.63) is 70.9 Å². The summed E-state index contributed by atoms with van der Waals surface area (Å²) in [6.07, 6.45) is 1.17. The first-order valence-electron chi connectivity index (χ1n) is 12.9. The molecule has 2 N–H and O–H groups in total. The highest BCUT2D eigenvalue weighted by Crippen LogP contribution is 2.33. The highest BCUT2D eigenvalue weighted by Gasteiger charge is 2.18. The molecule has 1 fully saturated rings. The maximum Gasteiger partial charge on any atom is 0.412 e. The van der Waals surface area contributed by atoms with Crippen molar-refractivity contribution in [3.8, 4) is 10.6 Å². The summed E-state index contributed by atoms with van der Waals surface area (Å²) in [5.41, 5.74) is 3.90. The number of nitrogens with one attached hydrogen (secondary N) is 1. The van der Waals surface area contributed by atoms with Crippen LogP contribution in [0.3, 0.4) is 0 Å². The third-order valence-corrected chi connectivity index (χ3v) is 7.82. The predicted molar refractivity (Wildman–Crippen MR) is 148 cm³/mol. The molecule has 0 spiro atoms. The van der Waals surface area contributed by atoms with Crippen LogP contribution in [-0.2, 0) is 24.4 Å². The maximum absolute atomic E-state index is 13.5. The molecule has 0 radical (unpaired) electrons. The zero-order chi connectivity index (χ0) is 27.4. The van der Waals surface area contributed by atoms with E-state index in [1.54, 1.807) is 11.3 Å². The number of ether oxygens (including phenoxy) is 1. The Bertz CT molecular complexity index is 1450. The van der Waals surface area contributed by atoms with Crippen LogP contribution < -0.4 is 5.32 Å². The monoisotopic (exact) mass is 555 g/mol. The number of anilines is 1. The summed E-state index contributed by atoms with van der Waals surface area (Å²) in [6.45, 7) is 8.05. The fourth-order valence-corrected chi connectivity index (χ4v) is 5.58. The first-order valence-corrected chi connectivity index (χ1v) is 13.8. The average molecular weight is 556 g/mol. The number of rotatable bonds is 9. The summed E-state index contributed by atoms with van der Waals surface area (Å²) in [5, 5.41) is 15.8. The summed E-state index contributed by atoms with van der Waals surface area (Å²) in [4.78, 5) is 22.1. The van der Waals surface area contributed by atoms with Crippen LogP contribution >= 0.6 is 11.3 Å². The summed E-state index contributed by atoms with van der Waals surface area (Å²) in [6, 6.07) is 9.47. The molecule has 0 bridgehead atoms. The van der Waals surface area contributed by atoms with Gasteiger partial charge < -0.3 is 14.4 Å². The molecule has 39 heavy (non-hydrogen) atoms. The number of thiazole rings is 1. The van der Waals surface area contributed by atoms with Gasteiger partial charge in [-0.25, -0.2) is 18.6 Å². The normalized spacial score (nSPS) is 14.7. The van der Waals surface area contributed by atoms with Gasteiger partial charge in [0.15, 0.2) is 11.6 Å². The number of hydrogen-bond donors (Lipinski definition) is 2. The first-order chi connectivity index (χ1) is 18.9. The van der Waals surface area contributed by atoms with Crippen LogP contribution in [0.15, 0.2) is 48.0 Å². The number of aryl methyl sites for hydroxylation is 1. The molecule has 1 amide bonds. The third-order valence-electron chi connectivity index (χ3n) is 6.88. The largest absolute Gasteiger partial charge is 0.444 e. The van der Waals surface area contributed by atoms with Gasteiger partial charge in [0.1, 0.15) is 11.6 Å². The Morgan fingerprint density at radius 3 is 2.64 bits per heavy atom. The summed E-state index contributed by atoms with van der Waals surface area (Å²) in [7, 11) is 0. The predicted octanol–water partition coefficient (Wildman–Crippen LogP) is 4.92. The minimum atomic E-state index is -0.985. The number of amides is 1. The van der Waals surface area contributed by atoms with Gasteiger partial charge in [0, 0.05) is 68.3 Å². The molecule has 3 heterocycles. The summed E-state index contributed by atoms with van der Waals surface area (Å²) >= 11 is 1.59. The number of halogens is 2. The second-order valence-electron chi connectivity index (χ2n) is 9.50. The van der Waals surface area contributed by atoms with Gasteiger partial charge in [-0.05, 0) is 42.8 Å². The quantitative estimate of drug-likeness (QED) is 0.305. The lowest BCUT2D eigenvalue weighted by molar-refractivity contribution is 0.108. The van der Waals surface area contributed by atoms with Gasteiger partial charge in [-0.15, -0.1) is 11.3 Å². The minimum Gasteiger partial charge on any atom is -0.444 e. The van der Waals surface area contributed by atoms with Crippen LogP contribution in [0.5, 0.6) is 0 Å². The maximum atomic E-state index is 13.5. The molecule has 1 aliphatic rings. The minimum absolute atomic E-state index is 0.181. The van der Waals surface area contributed by atoms with E-state index >= 15 is 0 Å².